The Hall–Kier alpha value is -0.300. The van der Waals surface area contributed by atoms with Gasteiger partial charge in [0.15, 0.2) is 0 Å². The van der Waals surface area contributed by atoms with E-state index in [1.807, 2.05) is 0 Å². The van der Waals surface area contributed by atoms with Crippen molar-refractivity contribution in [2.45, 2.75) is 37.9 Å². The van der Waals surface area contributed by atoms with Crippen LogP contribution in [0, 0.1) is 12.8 Å². The molecule has 2 rings (SSSR count). The molecule has 0 aromatic heterocycles. The SMILES string of the molecule is Cc1ccc2c(c1)C(Br)CC(C)CC2. The highest BCUT2D eigenvalue weighted by molar-refractivity contribution is 9.09. The summed E-state index contributed by atoms with van der Waals surface area (Å²) in [5.74, 6) is 0.840. The molecule has 0 N–H and O–H groups in total. The number of hydrogen-bond donors (Lipinski definition) is 0. The van der Waals surface area contributed by atoms with Crippen LogP contribution < -0.4 is 0 Å². The van der Waals surface area contributed by atoms with E-state index in [9.17, 15) is 0 Å². The minimum absolute atomic E-state index is 0.565. The number of fused-ring (bicyclic) bond motifs is 1. The van der Waals surface area contributed by atoms with Crippen LogP contribution in [0.15, 0.2) is 18.2 Å². The second kappa shape index (κ2) is 4.06. The Morgan fingerprint density at radius 1 is 1.36 bits per heavy atom. The highest BCUT2D eigenvalue weighted by Gasteiger charge is 2.19. The second-order valence-corrected chi connectivity index (χ2v) is 5.65. The number of hydrogen-bond acceptors (Lipinski definition) is 0. The smallest absolute Gasteiger partial charge is 0.0400 e. The summed E-state index contributed by atoms with van der Waals surface area (Å²) in [7, 11) is 0. The fraction of sp³-hybridized carbons (Fsp3) is 0.538. The van der Waals surface area contributed by atoms with E-state index in [0.29, 0.717) is 4.83 Å². The molecule has 1 heteroatoms. The highest BCUT2D eigenvalue weighted by Crippen LogP contribution is 2.37. The maximum absolute atomic E-state index is 3.81. The Balaban J connectivity index is 2.39. The number of halogens is 1. The fourth-order valence-electron chi connectivity index (χ4n) is 2.23. The van der Waals surface area contributed by atoms with Crippen LogP contribution >= 0.6 is 15.9 Å². The van der Waals surface area contributed by atoms with E-state index in [1.54, 1.807) is 5.56 Å². The van der Waals surface area contributed by atoms with E-state index in [1.165, 1.54) is 30.4 Å². The summed E-state index contributed by atoms with van der Waals surface area (Å²) in [5, 5.41) is 0. The van der Waals surface area contributed by atoms with Gasteiger partial charge in [0.25, 0.3) is 0 Å². The maximum atomic E-state index is 3.81. The second-order valence-electron chi connectivity index (χ2n) is 4.55. The minimum atomic E-state index is 0.565. The van der Waals surface area contributed by atoms with E-state index < -0.39 is 0 Å². The normalized spacial score (nSPS) is 26.8. The molecule has 1 aromatic rings. The molecule has 0 saturated heterocycles. The third-order valence-electron chi connectivity index (χ3n) is 3.15. The molecule has 1 aliphatic rings. The molecule has 2 atom stereocenters. The summed E-state index contributed by atoms with van der Waals surface area (Å²) in [4.78, 5) is 0.565. The Labute approximate surface area is 94.8 Å². The number of aryl methyl sites for hydroxylation is 2. The van der Waals surface area contributed by atoms with Gasteiger partial charge in [0.05, 0.1) is 0 Å². The number of alkyl halides is 1. The van der Waals surface area contributed by atoms with Crippen molar-refractivity contribution >= 4 is 15.9 Å². The van der Waals surface area contributed by atoms with Crippen LogP contribution in [0.3, 0.4) is 0 Å². The summed E-state index contributed by atoms with van der Waals surface area (Å²) in [5.41, 5.74) is 4.44. The lowest BCUT2D eigenvalue weighted by Crippen LogP contribution is -1.96. The molecule has 2 unspecified atom stereocenters. The molecule has 0 saturated carbocycles. The summed E-state index contributed by atoms with van der Waals surface area (Å²) in [6.07, 6.45) is 3.85. The van der Waals surface area contributed by atoms with Crippen molar-refractivity contribution in [3.63, 3.8) is 0 Å². The van der Waals surface area contributed by atoms with Crippen LogP contribution in [0.4, 0.5) is 0 Å². The molecule has 0 radical (unpaired) electrons. The summed E-state index contributed by atoms with van der Waals surface area (Å²) < 4.78 is 0. The Bertz CT molecular complexity index is 330. The lowest BCUT2D eigenvalue weighted by atomic mass is 10.0. The predicted molar refractivity (Wildman–Crippen MR) is 64.9 cm³/mol. The first-order chi connectivity index (χ1) is 6.66. The zero-order valence-corrected chi connectivity index (χ0v) is 10.5. The summed E-state index contributed by atoms with van der Waals surface area (Å²) in [6.45, 7) is 4.53. The zero-order valence-electron chi connectivity index (χ0n) is 8.89. The molecule has 0 aliphatic heterocycles. The third-order valence-corrected chi connectivity index (χ3v) is 4.02. The van der Waals surface area contributed by atoms with Gasteiger partial charge in [0.1, 0.15) is 0 Å². The van der Waals surface area contributed by atoms with Gasteiger partial charge in [-0.3, -0.25) is 0 Å². The van der Waals surface area contributed by atoms with Crippen molar-refractivity contribution in [3.05, 3.63) is 34.9 Å². The number of rotatable bonds is 0. The minimum Gasteiger partial charge on any atom is -0.0839 e. The molecule has 0 nitrogen and oxygen atoms in total. The van der Waals surface area contributed by atoms with Gasteiger partial charge in [-0.15, -0.1) is 0 Å². The highest BCUT2D eigenvalue weighted by atomic mass is 79.9. The standard InChI is InChI=1S/C13H17Br/c1-9-3-5-11-6-4-10(2)8-13(14)12(11)7-9/h3,5,7,10,13H,4,6,8H2,1-2H3. The average Bonchev–Trinajstić information content (AvgIpc) is 2.27. The average molecular weight is 253 g/mol. The van der Waals surface area contributed by atoms with E-state index in [2.05, 4.69) is 48.0 Å². The van der Waals surface area contributed by atoms with Crippen molar-refractivity contribution < 1.29 is 0 Å². The van der Waals surface area contributed by atoms with Gasteiger partial charge in [0.2, 0.25) is 0 Å². The van der Waals surface area contributed by atoms with Crippen LogP contribution in [-0.2, 0) is 6.42 Å². The lowest BCUT2D eigenvalue weighted by Gasteiger charge is -2.13. The Kier molecular flexibility index (Phi) is 2.96. The summed E-state index contributed by atoms with van der Waals surface area (Å²) in [6, 6.07) is 6.87. The molecular weight excluding hydrogens is 236 g/mol. The number of benzene rings is 1. The molecule has 1 aromatic carbocycles. The van der Waals surface area contributed by atoms with E-state index in [0.717, 1.165) is 5.92 Å². The van der Waals surface area contributed by atoms with Crippen molar-refractivity contribution in [3.8, 4) is 0 Å². The molecule has 14 heavy (non-hydrogen) atoms. The first kappa shape index (κ1) is 10.2. The van der Waals surface area contributed by atoms with E-state index >= 15 is 0 Å². The molecule has 0 fully saturated rings. The van der Waals surface area contributed by atoms with Crippen molar-refractivity contribution in [1.82, 2.24) is 0 Å². The molecule has 0 spiro atoms. The van der Waals surface area contributed by atoms with Crippen LogP contribution in [0.5, 0.6) is 0 Å². The molecule has 0 bridgehead atoms. The van der Waals surface area contributed by atoms with Crippen LogP contribution in [0.2, 0.25) is 0 Å². The quantitative estimate of drug-likeness (QED) is 0.474. The molecule has 0 amide bonds. The van der Waals surface area contributed by atoms with Gasteiger partial charge >= 0.3 is 0 Å². The van der Waals surface area contributed by atoms with E-state index in [-0.39, 0.29) is 0 Å². The van der Waals surface area contributed by atoms with E-state index in [4.69, 9.17) is 0 Å². The van der Waals surface area contributed by atoms with Crippen molar-refractivity contribution in [2.24, 2.45) is 5.92 Å². The van der Waals surface area contributed by atoms with Gasteiger partial charge in [-0.2, -0.15) is 0 Å². The first-order valence-electron chi connectivity index (χ1n) is 5.40. The van der Waals surface area contributed by atoms with Gasteiger partial charge in [-0.25, -0.2) is 0 Å². The molecule has 1 aliphatic carbocycles. The first-order valence-corrected chi connectivity index (χ1v) is 6.32. The summed E-state index contributed by atoms with van der Waals surface area (Å²) >= 11 is 3.81. The van der Waals surface area contributed by atoms with Gasteiger partial charge in [0, 0.05) is 4.83 Å². The predicted octanol–water partition coefficient (Wildman–Crippen LogP) is 4.40. The van der Waals surface area contributed by atoms with Crippen LogP contribution in [0.1, 0.15) is 41.3 Å². The Morgan fingerprint density at radius 2 is 2.14 bits per heavy atom. The monoisotopic (exact) mass is 252 g/mol. The van der Waals surface area contributed by atoms with Crippen LogP contribution in [0.25, 0.3) is 0 Å². The van der Waals surface area contributed by atoms with Crippen molar-refractivity contribution in [2.75, 3.05) is 0 Å². The Morgan fingerprint density at radius 3 is 2.93 bits per heavy atom. The van der Waals surface area contributed by atoms with Gasteiger partial charge < -0.3 is 0 Å². The largest absolute Gasteiger partial charge is 0.0839 e. The molecular formula is C13H17Br. The van der Waals surface area contributed by atoms with Gasteiger partial charge in [-0.1, -0.05) is 46.6 Å². The molecule has 76 valence electrons. The van der Waals surface area contributed by atoms with Crippen LogP contribution in [-0.4, -0.2) is 0 Å². The topological polar surface area (TPSA) is 0 Å². The van der Waals surface area contributed by atoms with Crippen molar-refractivity contribution in [1.29, 1.82) is 0 Å². The zero-order chi connectivity index (χ0) is 10.1. The molecule has 0 heterocycles. The lowest BCUT2D eigenvalue weighted by molar-refractivity contribution is 0.508. The third kappa shape index (κ3) is 2.03. The maximum Gasteiger partial charge on any atom is 0.0400 e. The van der Waals surface area contributed by atoms with Gasteiger partial charge in [-0.05, 0) is 43.2 Å². The fourth-order valence-corrected chi connectivity index (χ4v) is 3.30.